The van der Waals surface area contributed by atoms with Gasteiger partial charge in [-0.05, 0) is 29.9 Å². The molecule has 128 valence electrons. The van der Waals surface area contributed by atoms with Crippen molar-refractivity contribution in [2.75, 3.05) is 13.1 Å². The first-order chi connectivity index (χ1) is 10.8. The third-order valence-corrected chi connectivity index (χ3v) is 4.53. The number of carbonyl (C=O) groups excluding carboxylic acids is 1. The molecule has 0 aliphatic carbocycles. The lowest BCUT2D eigenvalue weighted by Gasteiger charge is -2.38. The number of carbonyl (C=O) groups is 1. The van der Waals surface area contributed by atoms with Crippen molar-refractivity contribution in [3.05, 3.63) is 35.4 Å². The lowest BCUT2D eigenvalue weighted by atomic mass is 9.91. The Morgan fingerprint density at radius 2 is 1.87 bits per heavy atom. The van der Waals surface area contributed by atoms with E-state index in [0.29, 0.717) is 25.4 Å². The van der Waals surface area contributed by atoms with Crippen LogP contribution < -0.4 is 5.32 Å². The zero-order valence-electron chi connectivity index (χ0n) is 14.8. The Kier molecular flexibility index (Phi) is 5.82. The Bertz CT molecular complexity index is 525. The van der Waals surface area contributed by atoms with Crippen LogP contribution in [0, 0.1) is 0 Å². The predicted molar refractivity (Wildman–Crippen MR) is 93.3 cm³/mol. The molecule has 1 aliphatic rings. The van der Waals surface area contributed by atoms with Crippen LogP contribution >= 0.6 is 0 Å². The number of hydrogen-bond donors (Lipinski definition) is 2. The highest BCUT2D eigenvalue weighted by Crippen LogP contribution is 2.24. The van der Waals surface area contributed by atoms with Gasteiger partial charge >= 0.3 is 0 Å². The van der Waals surface area contributed by atoms with Gasteiger partial charge in [-0.3, -0.25) is 4.79 Å². The van der Waals surface area contributed by atoms with Gasteiger partial charge in [0.1, 0.15) is 0 Å². The third-order valence-electron chi connectivity index (χ3n) is 4.53. The van der Waals surface area contributed by atoms with E-state index in [1.165, 1.54) is 5.56 Å². The van der Waals surface area contributed by atoms with Crippen molar-refractivity contribution in [2.45, 2.75) is 64.6 Å². The van der Waals surface area contributed by atoms with Crippen LogP contribution in [0.15, 0.2) is 24.3 Å². The highest BCUT2D eigenvalue weighted by Gasteiger charge is 2.41. The summed E-state index contributed by atoms with van der Waals surface area (Å²) >= 11 is 0. The number of nitrogens with zero attached hydrogens (tertiary/aromatic N) is 1. The summed E-state index contributed by atoms with van der Waals surface area (Å²) in [6.07, 6.45) is 1.38. The van der Waals surface area contributed by atoms with E-state index in [1.807, 2.05) is 13.8 Å². The van der Waals surface area contributed by atoms with Gasteiger partial charge < -0.3 is 15.3 Å². The summed E-state index contributed by atoms with van der Waals surface area (Å²) in [5, 5.41) is 13.9. The molecule has 0 radical (unpaired) electrons. The van der Waals surface area contributed by atoms with Gasteiger partial charge in [0.25, 0.3) is 5.91 Å². The lowest BCUT2D eigenvalue weighted by Crippen LogP contribution is -2.58. The Balaban J connectivity index is 2.03. The summed E-state index contributed by atoms with van der Waals surface area (Å²) in [4.78, 5) is 14.5. The minimum absolute atomic E-state index is 0.148. The van der Waals surface area contributed by atoms with Gasteiger partial charge in [-0.2, -0.15) is 0 Å². The van der Waals surface area contributed by atoms with Crippen molar-refractivity contribution in [3.63, 3.8) is 0 Å². The average molecular weight is 318 g/mol. The minimum Gasteiger partial charge on any atom is -0.379 e. The van der Waals surface area contributed by atoms with E-state index < -0.39 is 5.60 Å². The van der Waals surface area contributed by atoms with Crippen LogP contribution in [0.2, 0.25) is 0 Å². The highest BCUT2D eigenvalue weighted by molar-refractivity contribution is 5.86. The predicted octanol–water partition coefficient (Wildman–Crippen LogP) is 2.66. The summed E-state index contributed by atoms with van der Waals surface area (Å²) in [5.74, 6) is 0.359. The van der Waals surface area contributed by atoms with E-state index >= 15 is 0 Å². The normalized spacial score (nSPS) is 22.2. The summed E-state index contributed by atoms with van der Waals surface area (Å²) in [6, 6.07) is 8.68. The highest BCUT2D eigenvalue weighted by atomic mass is 16.3. The standard InChI is InChI=1S/C19H30N2O2/c1-14(2)17-8-6-16(7-9-17)12-21-11-5-10-19(23,18(21)22)13-20-15(3)4/h6-9,14-15,20,23H,5,10-13H2,1-4H3. The van der Waals surface area contributed by atoms with E-state index in [9.17, 15) is 9.90 Å². The van der Waals surface area contributed by atoms with Crippen molar-refractivity contribution >= 4 is 5.91 Å². The zero-order valence-corrected chi connectivity index (χ0v) is 14.8. The Labute approximate surface area is 139 Å². The number of benzene rings is 1. The van der Waals surface area contributed by atoms with Crippen molar-refractivity contribution in [1.29, 1.82) is 0 Å². The van der Waals surface area contributed by atoms with Crippen molar-refractivity contribution in [3.8, 4) is 0 Å². The number of amides is 1. The molecule has 0 spiro atoms. The van der Waals surface area contributed by atoms with Crippen molar-refractivity contribution < 1.29 is 9.90 Å². The van der Waals surface area contributed by atoms with E-state index in [1.54, 1.807) is 4.90 Å². The second kappa shape index (κ2) is 7.45. The summed E-state index contributed by atoms with van der Waals surface area (Å²) in [7, 11) is 0. The fraction of sp³-hybridized carbons (Fsp3) is 0.632. The van der Waals surface area contributed by atoms with Crippen LogP contribution in [0.3, 0.4) is 0 Å². The van der Waals surface area contributed by atoms with Gasteiger partial charge in [-0.15, -0.1) is 0 Å². The molecule has 1 aromatic rings. The quantitative estimate of drug-likeness (QED) is 0.848. The molecular weight excluding hydrogens is 288 g/mol. The summed E-state index contributed by atoms with van der Waals surface area (Å²) in [6.45, 7) is 9.99. The minimum atomic E-state index is -1.26. The Morgan fingerprint density at radius 1 is 1.22 bits per heavy atom. The Morgan fingerprint density at radius 3 is 2.43 bits per heavy atom. The molecule has 0 bridgehead atoms. The summed E-state index contributed by atoms with van der Waals surface area (Å²) < 4.78 is 0. The van der Waals surface area contributed by atoms with Crippen LogP contribution in [-0.2, 0) is 11.3 Å². The molecule has 23 heavy (non-hydrogen) atoms. The second-order valence-corrected chi connectivity index (χ2v) is 7.29. The molecule has 2 rings (SSSR count). The van der Waals surface area contributed by atoms with Gasteiger partial charge in [0.05, 0.1) is 0 Å². The maximum Gasteiger partial charge on any atom is 0.256 e. The van der Waals surface area contributed by atoms with Crippen LogP contribution in [0.1, 0.15) is 57.6 Å². The number of rotatable bonds is 6. The molecule has 1 amide bonds. The average Bonchev–Trinajstić information content (AvgIpc) is 2.51. The van der Waals surface area contributed by atoms with E-state index in [4.69, 9.17) is 0 Å². The molecule has 1 heterocycles. The van der Waals surface area contributed by atoms with Gasteiger partial charge in [0, 0.05) is 25.7 Å². The first-order valence-corrected chi connectivity index (χ1v) is 8.66. The number of likely N-dealkylation sites (tertiary alicyclic amines) is 1. The van der Waals surface area contributed by atoms with E-state index in [2.05, 4.69) is 43.4 Å². The van der Waals surface area contributed by atoms with Crippen molar-refractivity contribution in [1.82, 2.24) is 10.2 Å². The van der Waals surface area contributed by atoms with E-state index in [0.717, 1.165) is 18.5 Å². The molecular formula is C19H30N2O2. The molecule has 4 heteroatoms. The molecule has 4 nitrogen and oxygen atoms in total. The first-order valence-electron chi connectivity index (χ1n) is 8.66. The molecule has 1 saturated heterocycles. The molecule has 1 aromatic carbocycles. The molecule has 1 fully saturated rings. The maximum absolute atomic E-state index is 12.7. The molecule has 2 N–H and O–H groups in total. The van der Waals surface area contributed by atoms with E-state index in [-0.39, 0.29) is 11.9 Å². The second-order valence-electron chi connectivity index (χ2n) is 7.29. The number of nitrogens with one attached hydrogen (secondary N) is 1. The van der Waals surface area contributed by atoms with Crippen LogP contribution in [0.4, 0.5) is 0 Å². The van der Waals surface area contributed by atoms with Crippen LogP contribution in [-0.4, -0.2) is 40.6 Å². The first kappa shape index (κ1) is 18.0. The molecule has 1 aliphatic heterocycles. The molecule has 0 aromatic heterocycles. The molecule has 0 saturated carbocycles. The van der Waals surface area contributed by atoms with Crippen LogP contribution in [0.5, 0.6) is 0 Å². The van der Waals surface area contributed by atoms with Gasteiger partial charge in [0.2, 0.25) is 0 Å². The monoisotopic (exact) mass is 318 g/mol. The third kappa shape index (κ3) is 4.55. The fourth-order valence-corrected chi connectivity index (χ4v) is 2.98. The van der Waals surface area contributed by atoms with Gasteiger partial charge in [-0.1, -0.05) is 52.0 Å². The van der Waals surface area contributed by atoms with Gasteiger partial charge in [0.15, 0.2) is 5.60 Å². The molecule has 1 unspecified atom stereocenters. The topological polar surface area (TPSA) is 52.6 Å². The molecule has 1 atom stereocenters. The SMILES string of the molecule is CC(C)NCC1(O)CCCN(Cc2ccc(C(C)C)cc2)C1=O. The zero-order chi connectivity index (χ0) is 17.0. The fourth-order valence-electron chi connectivity index (χ4n) is 2.98. The van der Waals surface area contributed by atoms with Gasteiger partial charge in [-0.25, -0.2) is 0 Å². The Hall–Kier alpha value is -1.39. The number of piperidine rings is 1. The van der Waals surface area contributed by atoms with Crippen LogP contribution in [0.25, 0.3) is 0 Å². The number of aliphatic hydroxyl groups is 1. The lowest BCUT2D eigenvalue weighted by molar-refractivity contribution is -0.157. The maximum atomic E-state index is 12.7. The smallest absolute Gasteiger partial charge is 0.256 e. The summed E-state index contributed by atoms with van der Waals surface area (Å²) in [5.41, 5.74) is 1.15. The number of hydrogen-bond acceptors (Lipinski definition) is 3. The largest absolute Gasteiger partial charge is 0.379 e. The van der Waals surface area contributed by atoms with Crippen molar-refractivity contribution in [2.24, 2.45) is 0 Å².